The molecule has 1 rings (SSSR count). The van der Waals surface area contributed by atoms with E-state index in [1.54, 1.807) is 0 Å². The minimum Gasteiger partial charge on any atom is -1.00 e. The van der Waals surface area contributed by atoms with E-state index in [0.717, 1.165) is 0 Å². The molecule has 0 amide bonds. The van der Waals surface area contributed by atoms with E-state index >= 15 is 0 Å². The van der Waals surface area contributed by atoms with Gasteiger partial charge in [0.2, 0.25) is 0 Å². The van der Waals surface area contributed by atoms with Crippen LogP contribution < -0.4 is 28.5 Å². The van der Waals surface area contributed by atoms with Gasteiger partial charge in [0.1, 0.15) is 12.4 Å². The fraction of sp³-hybridized carbons (Fsp3) is 0.700. The fourth-order valence-corrected chi connectivity index (χ4v) is 1.71. The van der Waals surface area contributed by atoms with Gasteiger partial charge in [0, 0.05) is 0 Å². The minimum absolute atomic E-state index is 0. The lowest BCUT2D eigenvalue weighted by Gasteiger charge is -2.07. The summed E-state index contributed by atoms with van der Waals surface area (Å²) in [6, 6.07) is 0. The second-order valence-electron chi connectivity index (χ2n) is 3.35. The van der Waals surface area contributed by atoms with Crippen molar-refractivity contribution in [1.29, 1.82) is 0 Å². The first-order chi connectivity index (χ1) is 5.79. The molecule has 1 aromatic heterocycles. The average Bonchev–Trinajstić information content (AvgIpc) is 2.47. The van der Waals surface area contributed by atoms with E-state index in [4.69, 9.17) is 0 Å². The molecular weight excluding hydrogens is 275 g/mol. The highest BCUT2D eigenvalue weighted by atomic mass is 127. The van der Waals surface area contributed by atoms with Gasteiger partial charge in [-0.1, -0.05) is 20.3 Å². The zero-order chi connectivity index (χ0) is 8.97. The molecule has 1 N–H and O–H groups in total. The third-order valence-corrected chi connectivity index (χ3v) is 2.43. The van der Waals surface area contributed by atoms with Gasteiger partial charge in [-0.15, -0.1) is 0 Å². The van der Waals surface area contributed by atoms with Gasteiger partial charge in [-0.05, 0) is 12.8 Å². The predicted octanol–water partition coefficient (Wildman–Crippen LogP) is -0.863. The zero-order valence-electron chi connectivity index (χ0n) is 8.68. The molecule has 0 saturated heterocycles. The van der Waals surface area contributed by atoms with Crippen LogP contribution in [0.1, 0.15) is 44.9 Å². The van der Waals surface area contributed by atoms with Crippen molar-refractivity contribution in [3.63, 3.8) is 0 Å². The number of rotatable bonds is 4. The maximum Gasteiger partial charge on any atom is 0.257 e. The number of H-pyrrole nitrogens is 1. The molecule has 0 radical (unpaired) electrons. The first-order valence-electron chi connectivity index (χ1n) is 4.82. The highest BCUT2D eigenvalue weighted by Crippen LogP contribution is 2.19. The number of halogens is 1. The first kappa shape index (κ1) is 12.9. The van der Waals surface area contributed by atoms with Crippen molar-refractivity contribution in [2.45, 2.75) is 39.0 Å². The fourth-order valence-electron chi connectivity index (χ4n) is 1.71. The molecule has 0 aliphatic carbocycles. The third kappa shape index (κ3) is 3.29. The monoisotopic (exact) mass is 294 g/mol. The van der Waals surface area contributed by atoms with E-state index in [9.17, 15) is 0 Å². The quantitative estimate of drug-likeness (QED) is 0.551. The molecule has 0 saturated carbocycles. The highest BCUT2D eigenvalue weighted by Gasteiger charge is 2.17. The number of nitrogens with zero attached hydrogens (tertiary/aromatic N) is 1. The Bertz CT molecular complexity index is 233. The van der Waals surface area contributed by atoms with Gasteiger partial charge < -0.3 is 24.0 Å². The first-order valence-corrected chi connectivity index (χ1v) is 4.82. The maximum atomic E-state index is 3.30. The molecular formula is C10H19IN2. The van der Waals surface area contributed by atoms with Gasteiger partial charge >= 0.3 is 0 Å². The number of aromatic nitrogens is 2. The molecule has 13 heavy (non-hydrogen) atoms. The van der Waals surface area contributed by atoms with Crippen molar-refractivity contribution in [1.82, 2.24) is 4.98 Å². The number of hydrogen-bond acceptors (Lipinski definition) is 0. The second-order valence-corrected chi connectivity index (χ2v) is 3.35. The van der Waals surface area contributed by atoms with E-state index in [1.807, 2.05) is 6.20 Å². The lowest BCUT2D eigenvalue weighted by Crippen LogP contribution is -3.00. The lowest BCUT2D eigenvalue weighted by atomic mass is 10.00. The number of hydrogen-bond donors (Lipinski definition) is 1. The average molecular weight is 294 g/mol. The van der Waals surface area contributed by atoms with Crippen molar-refractivity contribution in [2.75, 3.05) is 0 Å². The van der Waals surface area contributed by atoms with Gasteiger partial charge in [-0.2, -0.15) is 0 Å². The van der Waals surface area contributed by atoms with Crippen LogP contribution in [0.4, 0.5) is 0 Å². The number of imidazole rings is 1. The van der Waals surface area contributed by atoms with Crippen LogP contribution in [0.25, 0.3) is 0 Å². The van der Waals surface area contributed by atoms with Crippen LogP contribution in [0, 0.1) is 0 Å². The second kappa shape index (κ2) is 6.40. The summed E-state index contributed by atoms with van der Waals surface area (Å²) in [6.07, 6.45) is 7.85. The van der Waals surface area contributed by atoms with E-state index in [2.05, 4.69) is 36.6 Å². The number of nitrogens with one attached hydrogen (secondary N) is 1. The summed E-state index contributed by atoms with van der Waals surface area (Å²) in [5.74, 6) is 2.06. The Kier molecular flexibility index (Phi) is 6.37. The molecule has 0 aliphatic heterocycles. The summed E-state index contributed by atoms with van der Waals surface area (Å²) in [7, 11) is 2.10. The Morgan fingerprint density at radius 2 is 2.15 bits per heavy atom. The van der Waals surface area contributed by atoms with Gasteiger partial charge in [0.25, 0.3) is 5.82 Å². The van der Waals surface area contributed by atoms with Crippen LogP contribution >= 0.6 is 0 Å². The van der Waals surface area contributed by atoms with Gasteiger partial charge in [0.15, 0.2) is 0 Å². The lowest BCUT2D eigenvalue weighted by molar-refractivity contribution is -0.679. The Balaban J connectivity index is 0.00000144. The van der Waals surface area contributed by atoms with E-state index < -0.39 is 0 Å². The van der Waals surface area contributed by atoms with E-state index in [1.165, 1.54) is 25.1 Å². The summed E-state index contributed by atoms with van der Waals surface area (Å²) in [6.45, 7) is 4.49. The Labute approximate surface area is 97.8 Å². The molecule has 1 heterocycles. The molecule has 1 unspecified atom stereocenters. The van der Waals surface area contributed by atoms with Gasteiger partial charge in [0.05, 0.1) is 13.0 Å². The topological polar surface area (TPSA) is 19.7 Å². The zero-order valence-corrected chi connectivity index (χ0v) is 10.8. The van der Waals surface area contributed by atoms with Crippen LogP contribution in [0.15, 0.2) is 12.4 Å². The van der Waals surface area contributed by atoms with Crippen molar-refractivity contribution in [2.24, 2.45) is 7.05 Å². The maximum absolute atomic E-state index is 3.30. The predicted molar refractivity (Wildman–Crippen MR) is 49.9 cm³/mol. The van der Waals surface area contributed by atoms with Crippen LogP contribution in [0.2, 0.25) is 0 Å². The normalized spacial score (nSPS) is 12.2. The van der Waals surface area contributed by atoms with Crippen LogP contribution in [-0.4, -0.2) is 4.98 Å². The van der Waals surface area contributed by atoms with Crippen LogP contribution in [0.5, 0.6) is 0 Å². The standard InChI is InChI=1S/C10H18N2.HI/c1-4-6-9(5-2)10-11-7-8-12(10)3;/h7-9H,4-6H2,1-3H3;1H. The molecule has 0 spiro atoms. The summed E-state index contributed by atoms with van der Waals surface area (Å²) < 4.78 is 2.18. The van der Waals surface area contributed by atoms with Crippen molar-refractivity contribution < 1.29 is 28.5 Å². The van der Waals surface area contributed by atoms with E-state index in [-0.39, 0.29) is 24.0 Å². The number of aryl methyl sites for hydroxylation is 1. The summed E-state index contributed by atoms with van der Waals surface area (Å²) in [4.78, 5) is 3.30. The minimum atomic E-state index is 0. The molecule has 2 nitrogen and oxygen atoms in total. The van der Waals surface area contributed by atoms with Crippen LogP contribution in [0.3, 0.4) is 0 Å². The highest BCUT2D eigenvalue weighted by molar-refractivity contribution is 4.88. The van der Waals surface area contributed by atoms with E-state index in [0.29, 0.717) is 5.92 Å². The molecule has 76 valence electrons. The molecule has 0 aliphatic rings. The molecule has 0 bridgehead atoms. The van der Waals surface area contributed by atoms with Crippen molar-refractivity contribution in [3.05, 3.63) is 18.2 Å². The molecule has 0 fully saturated rings. The van der Waals surface area contributed by atoms with Crippen molar-refractivity contribution >= 4 is 0 Å². The smallest absolute Gasteiger partial charge is 0.257 e. The Morgan fingerprint density at radius 1 is 1.46 bits per heavy atom. The van der Waals surface area contributed by atoms with Crippen LogP contribution in [-0.2, 0) is 7.05 Å². The largest absolute Gasteiger partial charge is 1.00 e. The van der Waals surface area contributed by atoms with Gasteiger partial charge in [-0.3, -0.25) is 0 Å². The van der Waals surface area contributed by atoms with Gasteiger partial charge in [-0.25, -0.2) is 9.55 Å². The summed E-state index contributed by atoms with van der Waals surface area (Å²) in [5, 5.41) is 0. The number of aromatic amines is 1. The molecule has 1 atom stereocenters. The molecule has 1 aromatic rings. The SMILES string of the molecule is CCCC(CC)c1[nH]cc[n+]1C.[I-]. The van der Waals surface area contributed by atoms with Crippen molar-refractivity contribution in [3.8, 4) is 0 Å². The molecule has 3 heteroatoms. The summed E-state index contributed by atoms with van der Waals surface area (Å²) in [5.41, 5.74) is 0. The summed E-state index contributed by atoms with van der Waals surface area (Å²) >= 11 is 0. The third-order valence-electron chi connectivity index (χ3n) is 2.43. The molecule has 0 aromatic carbocycles. The Morgan fingerprint density at radius 3 is 2.54 bits per heavy atom. The Hall–Kier alpha value is -0.0600.